The molecule has 0 spiro atoms. The highest BCUT2D eigenvalue weighted by Gasteiger charge is 2.20. The molecule has 82 valence electrons. The number of rotatable bonds is 2. The van der Waals surface area contributed by atoms with E-state index in [1.54, 1.807) is 6.20 Å². The van der Waals surface area contributed by atoms with Crippen molar-refractivity contribution < 1.29 is 4.74 Å². The summed E-state index contributed by atoms with van der Waals surface area (Å²) in [5.41, 5.74) is 2.84. The van der Waals surface area contributed by atoms with E-state index in [0.717, 1.165) is 19.3 Å². The minimum atomic E-state index is 0.222. The Bertz CT molecular complexity index is 467. The van der Waals surface area contributed by atoms with Gasteiger partial charge in [0.15, 0.2) is 0 Å². The van der Waals surface area contributed by atoms with Crippen molar-refractivity contribution in [2.45, 2.75) is 25.4 Å². The lowest BCUT2D eigenvalue weighted by Crippen LogP contribution is -2.25. The van der Waals surface area contributed by atoms with Crippen LogP contribution in [-0.2, 0) is 12.8 Å². The SMILES string of the molecule is c1ccc2c(c1)CCC(Oc1cn[nH]n1)C2. The van der Waals surface area contributed by atoms with Gasteiger partial charge >= 0.3 is 0 Å². The Morgan fingerprint density at radius 1 is 1.25 bits per heavy atom. The molecule has 1 aromatic heterocycles. The van der Waals surface area contributed by atoms with Crippen LogP contribution in [-0.4, -0.2) is 21.5 Å². The first-order valence-electron chi connectivity index (χ1n) is 5.51. The zero-order chi connectivity index (χ0) is 10.8. The van der Waals surface area contributed by atoms with Crippen LogP contribution < -0.4 is 4.74 Å². The number of benzene rings is 1. The summed E-state index contributed by atoms with van der Waals surface area (Å²) in [6.45, 7) is 0. The summed E-state index contributed by atoms with van der Waals surface area (Å²) in [7, 11) is 0. The van der Waals surface area contributed by atoms with Gasteiger partial charge in [-0.15, -0.1) is 5.10 Å². The van der Waals surface area contributed by atoms with Gasteiger partial charge in [-0.3, -0.25) is 0 Å². The smallest absolute Gasteiger partial charge is 0.253 e. The summed E-state index contributed by atoms with van der Waals surface area (Å²) < 4.78 is 5.75. The average Bonchev–Trinajstić information content (AvgIpc) is 2.82. The third-order valence-electron chi connectivity index (χ3n) is 2.98. The molecule has 0 amide bonds. The molecule has 0 saturated heterocycles. The van der Waals surface area contributed by atoms with Crippen LogP contribution in [0.1, 0.15) is 17.5 Å². The molecule has 1 heterocycles. The number of nitrogens with zero attached hydrogens (tertiary/aromatic N) is 2. The Morgan fingerprint density at radius 3 is 2.94 bits per heavy atom. The van der Waals surface area contributed by atoms with Crippen LogP contribution in [0.3, 0.4) is 0 Å². The number of fused-ring (bicyclic) bond motifs is 1. The van der Waals surface area contributed by atoms with E-state index >= 15 is 0 Å². The zero-order valence-electron chi connectivity index (χ0n) is 8.89. The van der Waals surface area contributed by atoms with Crippen molar-refractivity contribution in [1.29, 1.82) is 0 Å². The van der Waals surface area contributed by atoms with Gasteiger partial charge in [-0.05, 0) is 24.0 Å². The van der Waals surface area contributed by atoms with E-state index < -0.39 is 0 Å². The summed E-state index contributed by atoms with van der Waals surface area (Å²) in [5.74, 6) is 0.587. The van der Waals surface area contributed by atoms with Crippen LogP contribution in [0.4, 0.5) is 0 Å². The molecule has 4 nitrogen and oxygen atoms in total. The first kappa shape index (κ1) is 9.39. The molecule has 2 aromatic rings. The fourth-order valence-electron chi connectivity index (χ4n) is 2.18. The van der Waals surface area contributed by atoms with E-state index in [0.29, 0.717) is 5.88 Å². The molecule has 3 rings (SSSR count). The van der Waals surface area contributed by atoms with E-state index in [1.165, 1.54) is 11.1 Å². The summed E-state index contributed by atoms with van der Waals surface area (Å²) >= 11 is 0. The van der Waals surface area contributed by atoms with Crippen LogP contribution in [0.15, 0.2) is 30.5 Å². The standard InChI is InChI=1S/C12H13N3O/c1-2-4-10-7-11(6-5-9(10)3-1)16-12-8-13-15-14-12/h1-4,8,11H,5-7H2,(H,13,14,15). The van der Waals surface area contributed by atoms with Gasteiger partial charge in [0.2, 0.25) is 0 Å². The molecular formula is C12H13N3O. The topological polar surface area (TPSA) is 50.8 Å². The Morgan fingerprint density at radius 2 is 2.12 bits per heavy atom. The minimum Gasteiger partial charge on any atom is -0.472 e. The molecule has 1 aromatic carbocycles. The third kappa shape index (κ3) is 1.78. The summed E-state index contributed by atoms with van der Waals surface area (Å²) in [6, 6.07) is 8.55. The molecule has 4 heteroatoms. The normalized spacial score (nSPS) is 19.1. The Balaban J connectivity index is 1.73. The van der Waals surface area contributed by atoms with E-state index in [2.05, 4.69) is 39.7 Å². The number of hydrogen-bond donors (Lipinski definition) is 1. The van der Waals surface area contributed by atoms with Crippen LogP contribution in [0, 0.1) is 0 Å². The molecule has 1 atom stereocenters. The van der Waals surface area contributed by atoms with Gasteiger partial charge in [0.1, 0.15) is 12.3 Å². The maximum Gasteiger partial charge on any atom is 0.253 e. The van der Waals surface area contributed by atoms with Crippen molar-refractivity contribution >= 4 is 0 Å². The summed E-state index contributed by atoms with van der Waals surface area (Å²) in [5, 5.41) is 10.2. The van der Waals surface area contributed by atoms with E-state index in [1.807, 2.05) is 0 Å². The second-order valence-corrected chi connectivity index (χ2v) is 4.06. The molecule has 16 heavy (non-hydrogen) atoms. The van der Waals surface area contributed by atoms with Crippen molar-refractivity contribution in [3.8, 4) is 5.88 Å². The van der Waals surface area contributed by atoms with Crippen LogP contribution in [0.2, 0.25) is 0 Å². The largest absolute Gasteiger partial charge is 0.472 e. The molecule has 0 aliphatic heterocycles. The Hall–Kier alpha value is -1.84. The molecular weight excluding hydrogens is 202 g/mol. The lowest BCUT2D eigenvalue weighted by atomic mass is 9.90. The van der Waals surface area contributed by atoms with E-state index in [4.69, 9.17) is 4.74 Å². The van der Waals surface area contributed by atoms with Gasteiger partial charge in [0, 0.05) is 6.42 Å². The second-order valence-electron chi connectivity index (χ2n) is 4.06. The summed E-state index contributed by atoms with van der Waals surface area (Å²) in [4.78, 5) is 0. The zero-order valence-corrected chi connectivity index (χ0v) is 8.89. The van der Waals surface area contributed by atoms with Crippen LogP contribution >= 0.6 is 0 Å². The molecule has 1 aliphatic carbocycles. The molecule has 1 unspecified atom stereocenters. The molecule has 0 saturated carbocycles. The summed E-state index contributed by atoms with van der Waals surface area (Å²) in [6.07, 6.45) is 4.92. The highest BCUT2D eigenvalue weighted by Crippen LogP contribution is 2.23. The van der Waals surface area contributed by atoms with Crippen molar-refractivity contribution in [2.24, 2.45) is 0 Å². The molecule has 1 N–H and O–H groups in total. The van der Waals surface area contributed by atoms with E-state index in [9.17, 15) is 0 Å². The maximum absolute atomic E-state index is 5.75. The lowest BCUT2D eigenvalue weighted by Gasteiger charge is -2.24. The Kier molecular flexibility index (Phi) is 2.33. The average molecular weight is 215 g/mol. The first-order chi connectivity index (χ1) is 7.92. The number of nitrogens with one attached hydrogen (secondary N) is 1. The van der Waals surface area contributed by atoms with E-state index in [-0.39, 0.29) is 6.10 Å². The predicted molar refractivity (Wildman–Crippen MR) is 59.3 cm³/mol. The minimum absolute atomic E-state index is 0.222. The first-order valence-corrected chi connectivity index (χ1v) is 5.51. The van der Waals surface area contributed by atoms with Crippen molar-refractivity contribution in [3.05, 3.63) is 41.6 Å². The van der Waals surface area contributed by atoms with Crippen molar-refractivity contribution in [1.82, 2.24) is 15.4 Å². The van der Waals surface area contributed by atoms with Gasteiger partial charge in [-0.25, -0.2) is 0 Å². The highest BCUT2D eigenvalue weighted by atomic mass is 16.5. The molecule has 0 radical (unpaired) electrons. The second kappa shape index (κ2) is 3.96. The van der Waals surface area contributed by atoms with Gasteiger partial charge in [0.25, 0.3) is 5.88 Å². The van der Waals surface area contributed by atoms with Gasteiger partial charge in [-0.2, -0.15) is 10.3 Å². The number of ether oxygens (including phenoxy) is 1. The highest BCUT2D eigenvalue weighted by molar-refractivity contribution is 5.30. The van der Waals surface area contributed by atoms with Crippen molar-refractivity contribution in [2.75, 3.05) is 0 Å². The third-order valence-corrected chi connectivity index (χ3v) is 2.98. The lowest BCUT2D eigenvalue weighted by molar-refractivity contribution is 0.177. The maximum atomic E-state index is 5.75. The Labute approximate surface area is 93.6 Å². The fraction of sp³-hybridized carbons (Fsp3) is 0.333. The number of aromatic amines is 1. The van der Waals surface area contributed by atoms with Gasteiger partial charge < -0.3 is 4.74 Å². The quantitative estimate of drug-likeness (QED) is 0.830. The van der Waals surface area contributed by atoms with Gasteiger partial charge in [-0.1, -0.05) is 24.3 Å². The molecule has 0 fully saturated rings. The predicted octanol–water partition coefficient (Wildman–Crippen LogP) is 1.74. The fourth-order valence-corrected chi connectivity index (χ4v) is 2.18. The number of H-pyrrole nitrogens is 1. The molecule has 1 aliphatic rings. The van der Waals surface area contributed by atoms with Crippen LogP contribution in [0.5, 0.6) is 5.88 Å². The van der Waals surface area contributed by atoms with Crippen molar-refractivity contribution in [3.63, 3.8) is 0 Å². The number of aromatic nitrogens is 3. The molecule has 0 bridgehead atoms. The number of hydrogen-bond acceptors (Lipinski definition) is 3. The number of aryl methyl sites for hydroxylation is 1. The van der Waals surface area contributed by atoms with Crippen LogP contribution in [0.25, 0.3) is 0 Å². The van der Waals surface area contributed by atoms with Gasteiger partial charge in [0.05, 0.1) is 0 Å². The monoisotopic (exact) mass is 215 g/mol.